The van der Waals surface area contributed by atoms with Crippen LogP contribution in [0.1, 0.15) is 36.6 Å². The number of carbonyl (C=O) groups is 1. The second kappa shape index (κ2) is 11.3. The normalized spacial score (nSPS) is 18.9. The number of carbonyl (C=O) groups excluding carboxylic acids is 1. The van der Waals surface area contributed by atoms with E-state index in [9.17, 15) is 4.79 Å². The largest absolute Gasteiger partial charge is 0.431 e. The Morgan fingerprint density at radius 3 is 1.89 bits per heavy atom. The predicted molar refractivity (Wildman–Crippen MR) is 140 cm³/mol. The zero-order valence-corrected chi connectivity index (χ0v) is 21.5. The fourth-order valence-electron chi connectivity index (χ4n) is 5.12. The quantitative estimate of drug-likeness (QED) is 0.305. The van der Waals surface area contributed by atoms with Gasteiger partial charge in [-0.2, -0.15) is 0 Å². The van der Waals surface area contributed by atoms with Gasteiger partial charge in [-0.15, -0.1) is 11.8 Å². The van der Waals surface area contributed by atoms with Crippen molar-refractivity contribution >= 4 is 17.9 Å². The second-order valence-corrected chi connectivity index (χ2v) is 9.92. The maximum Gasteiger partial charge on any atom is 0.412 e. The first kappa shape index (κ1) is 25.3. The first-order chi connectivity index (χ1) is 17.0. The highest BCUT2D eigenvalue weighted by Crippen LogP contribution is 2.50. The molecule has 0 N–H and O–H groups in total. The third-order valence-corrected chi connectivity index (χ3v) is 7.44. The van der Waals surface area contributed by atoms with Gasteiger partial charge in [0.15, 0.2) is 5.60 Å². The molecule has 0 spiro atoms. The third kappa shape index (κ3) is 4.83. The number of amides is 1. The fourth-order valence-corrected chi connectivity index (χ4v) is 6.05. The van der Waals surface area contributed by atoms with Crippen LogP contribution in [0.3, 0.4) is 0 Å². The molecular formula is C29H33NO4S. The Hall–Kier alpha value is -2.80. The molecular weight excluding hydrogens is 458 g/mol. The van der Waals surface area contributed by atoms with Crippen molar-refractivity contribution in [2.45, 2.75) is 37.0 Å². The molecule has 184 valence electrons. The van der Waals surface area contributed by atoms with Crippen molar-refractivity contribution in [1.82, 2.24) is 4.90 Å². The Balaban J connectivity index is 1.87. The number of benzene rings is 3. The van der Waals surface area contributed by atoms with Crippen molar-refractivity contribution in [2.24, 2.45) is 5.92 Å². The first-order valence-electron chi connectivity index (χ1n) is 11.8. The van der Waals surface area contributed by atoms with Crippen molar-refractivity contribution in [3.8, 4) is 0 Å². The Kier molecular flexibility index (Phi) is 8.16. The average Bonchev–Trinajstić information content (AvgIpc) is 3.22. The maximum absolute atomic E-state index is 13.9. The van der Waals surface area contributed by atoms with E-state index in [4.69, 9.17) is 14.2 Å². The molecule has 3 aromatic carbocycles. The summed E-state index contributed by atoms with van der Waals surface area (Å²) in [5.74, 6) is 0.0929. The average molecular weight is 492 g/mol. The van der Waals surface area contributed by atoms with Crippen LogP contribution in [0.2, 0.25) is 0 Å². The molecule has 1 amide bonds. The van der Waals surface area contributed by atoms with Gasteiger partial charge in [-0.05, 0) is 17.7 Å². The lowest BCUT2D eigenvalue weighted by Gasteiger charge is -2.42. The van der Waals surface area contributed by atoms with E-state index >= 15 is 0 Å². The van der Waals surface area contributed by atoms with Crippen molar-refractivity contribution in [3.05, 3.63) is 108 Å². The standard InChI is InChI=1S/C29H33NO4S/c1-21(2)26-29(23-16-10-6-11-17-23,24-18-12-7-13-19-24)34-28(31)30(26)27(35-4)25(33-20-32-3)22-14-8-5-9-15-22/h5-19,21,25-27H,20H2,1-4H3/t25-,26-,27-/m0/s1. The summed E-state index contributed by atoms with van der Waals surface area (Å²) < 4.78 is 17.9. The summed E-state index contributed by atoms with van der Waals surface area (Å²) in [5, 5.41) is -0.332. The first-order valence-corrected chi connectivity index (χ1v) is 13.1. The Bertz CT molecular complexity index is 1040. The summed E-state index contributed by atoms with van der Waals surface area (Å²) >= 11 is 1.58. The Labute approximate surface area is 212 Å². The van der Waals surface area contributed by atoms with Gasteiger partial charge in [0, 0.05) is 18.2 Å². The monoisotopic (exact) mass is 491 g/mol. The molecule has 5 nitrogen and oxygen atoms in total. The highest BCUT2D eigenvalue weighted by atomic mass is 32.2. The minimum Gasteiger partial charge on any atom is -0.431 e. The van der Waals surface area contributed by atoms with Gasteiger partial charge in [0.1, 0.15) is 18.3 Å². The van der Waals surface area contributed by atoms with Crippen LogP contribution in [0.15, 0.2) is 91.0 Å². The molecule has 0 radical (unpaired) electrons. The van der Waals surface area contributed by atoms with E-state index in [2.05, 4.69) is 13.8 Å². The third-order valence-electron chi connectivity index (χ3n) is 6.48. The molecule has 1 fully saturated rings. The van der Waals surface area contributed by atoms with Gasteiger partial charge in [0.25, 0.3) is 0 Å². The Morgan fingerprint density at radius 1 is 0.914 bits per heavy atom. The maximum atomic E-state index is 13.9. The van der Waals surface area contributed by atoms with E-state index in [0.717, 1.165) is 16.7 Å². The van der Waals surface area contributed by atoms with Gasteiger partial charge in [0.05, 0.1) is 6.04 Å². The van der Waals surface area contributed by atoms with E-state index in [1.807, 2.05) is 102 Å². The van der Waals surface area contributed by atoms with Gasteiger partial charge < -0.3 is 14.2 Å². The molecule has 3 atom stereocenters. The van der Waals surface area contributed by atoms with Crippen molar-refractivity contribution in [2.75, 3.05) is 20.2 Å². The molecule has 0 saturated carbocycles. The number of methoxy groups -OCH3 is 1. The SMILES string of the molecule is COCO[C@@H](c1ccccc1)[C@H](SC)N1C(=O)OC(c2ccccc2)(c2ccccc2)[C@@H]1C(C)C. The fraction of sp³-hybridized carbons (Fsp3) is 0.345. The molecule has 1 aliphatic heterocycles. The van der Waals surface area contributed by atoms with Crippen molar-refractivity contribution in [3.63, 3.8) is 0 Å². The number of nitrogens with zero attached hydrogens (tertiary/aromatic N) is 1. The van der Waals surface area contributed by atoms with Crippen LogP contribution in [-0.4, -0.2) is 42.6 Å². The lowest BCUT2D eigenvalue weighted by atomic mass is 9.75. The summed E-state index contributed by atoms with van der Waals surface area (Å²) in [6.07, 6.45) is 1.26. The number of ether oxygens (including phenoxy) is 3. The molecule has 0 aromatic heterocycles. The number of hydrogen-bond donors (Lipinski definition) is 0. The second-order valence-electron chi connectivity index (χ2n) is 8.96. The number of hydrogen-bond acceptors (Lipinski definition) is 5. The van der Waals surface area contributed by atoms with Gasteiger partial charge in [0.2, 0.25) is 0 Å². The number of rotatable bonds is 10. The van der Waals surface area contributed by atoms with Gasteiger partial charge >= 0.3 is 6.09 Å². The van der Waals surface area contributed by atoms with Crippen LogP contribution >= 0.6 is 11.8 Å². The lowest BCUT2D eigenvalue weighted by Crippen LogP contribution is -2.52. The summed E-state index contributed by atoms with van der Waals surface area (Å²) in [7, 11) is 1.60. The number of cyclic esters (lactones) is 1. The summed E-state index contributed by atoms with van der Waals surface area (Å²) in [4.78, 5) is 15.8. The molecule has 1 saturated heterocycles. The van der Waals surface area contributed by atoms with E-state index < -0.39 is 11.7 Å². The highest BCUT2D eigenvalue weighted by Gasteiger charge is 2.59. The molecule has 6 heteroatoms. The minimum atomic E-state index is -0.954. The van der Waals surface area contributed by atoms with Crippen LogP contribution in [0.5, 0.6) is 0 Å². The molecule has 0 unspecified atom stereocenters. The molecule has 0 aliphatic carbocycles. The topological polar surface area (TPSA) is 48.0 Å². The zero-order chi connectivity index (χ0) is 24.8. The highest BCUT2D eigenvalue weighted by molar-refractivity contribution is 7.99. The van der Waals surface area contributed by atoms with E-state index in [-0.39, 0.29) is 30.2 Å². The summed E-state index contributed by atoms with van der Waals surface area (Å²) in [5.41, 5.74) is 1.94. The smallest absolute Gasteiger partial charge is 0.412 e. The molecule has 35 heavy (non-hydrogen) atoms. The molecule has 4 rings (SSSR count). The van der Waals surface area contributed by atoms with E-state index in [0.29, 0.717) is 0 Å². The zero-order valence-electron chi connectivity index (χ0n) is 20.7. The molecule has 1 aliphatic rings. The predicted octanol–water partition coefficient (Wildman–Crippen LogP) is 6.46. The summed E-state index contributed by atoms with van der Waals surface area (Å²) in [6, 6.07) is 29.8. The van der Waals surface area contributed by atoms with Crippen LogP contribution in [0.4, 0.5) is 4.79 Å². The minimum absolute atomic E-state index is 0.0929. The Morgan fingerprint density at radius 2 is 1.43 bits per heavy atom. The van der Waals surface area contributed by atoms with Crippen LogP contribution < -0.4 is 0 Å². The van der Waals surface area contributed by atoms with Crippen molar-refractivity contribution < 1.29 is 19.0 Å². The van der Waals surface area contributed by atoms with Crippen LogP contribution in [0.25, 0.3) is 0 Å². The molecule has 0 bridgehead atoms. The van der Waals surface area contributed by atoms with E-state index in [1.165, 1.54) is 0 Å². The van der Waals surface area contributed by atoms with E-state index in [1.54, 1.807) is 18.9 Å². The molecule has 3 aromatic rings. The van der Waals surface area contributed by atoms with Crippen molar-refractivity contribution in [1.29, 1.82) is 0 Å². The van der Waals surface area contributed by atoms with Crippen LogP contribution in [0, 0.1) is 5.92 Å². The summed E-state index contributed by atoms with van der Waals surface area (Å²) in [6.45, 7) is 4.41. The molecule has 1 heterocycles. The van der Waals surface area contributed by atoms with Gasteiger partial charge in [-0.3, -0.25) is 4.90 Å². The lowest BCUT2D eigenvalue weighted by molar-refractivity contribution is -0.0874. The van der Waals surface area contributed by atoms with Gasteiger partial charge in [-0.25, -0.2) is 4.79 Å². The number of thioether (sulfide) groups is 1. The van der Waals surface area contributed by atoms with Crippen LogP contribution in [-0.2, 0) is 19.8 Å². The van der Waals surface area contributed by atoms with Gasteiger partial charge in [-0.1, -0.05) is 105 Å².